The van der Waals surface area contributed by atoms with E-state index in [9.17, 15) is 13.2 Å². The van der Waals surface area contributed by atoms with Gasteiger partial charge in [0.15, 0.2) is 5.65 Å². The van der Waals surface area contributed by atoms with Gasteiger partial charge < -0.3 is 0 Å². The SMILES string of the molecule is CCc1cc2nccc(C(F)(F)F)n2n1. The van der Waals surface area contributed by atoms with E-state index >= 15 is 0 Å². The van der Waals surface area contributed by atoms with E-state index < -0.39 is 11.9 Å². The number of aryl methyl sites for hydroxylation is 1. The van der Waals surface area contributed by atoms with Crippen molar-refractivity contribution in [3.63, 3.8) is 0 Å². The molecule has 0 aromatic carbocycles. The zero-order chi connectivity index (χ0) is 11.1. The van der Waals surface area contributed by atoms with E-state index in [1.54, 1.807) is 6.07 Å². The first-order valence-electron chi connectivity index (χ1n) is 4.43. The van der Waals surface area contributed by atoms with Gasteiger partial charge >= 0.3 is 6.18 Å². The molecule has 0 bridgehead atoms. The van der Waals surface area contributed by atoms with Gasteiger partial charge in [0.25, 0.3) is 0 Å². The van der Waals surface area contributed by atoms with Gasteiger partial charge in [-0.05, 0) is 12.5 Å². The summed E-state index contributed by atoms with van der Waals surface area (Å²) in [6.07, 6.45) is -2.68. The average Bonchev–Trinajstić information content (AvgIpc) is 2.57. The molecule has 0 spiro atoms. The molecule has 0 saturated heterocycles. The minimum atomic E-state index is -4.40. The van der Waals surface area contributed by atoms with E-state index in [4.69, 9.17) is 0 Å². The van der Waals surface area contributed by atoms with Gasteiger partial charge in [0, 0.05) is 12.3 Å². The quantitative estimate of drug-likeness (QED) is 0.730. The van der Waals surface area contributed by atoms with Crippen LogP contribution < -0.4 is 0 Å². The van der Waals surface area contributed by atoms with Gasteiger partial charge in [-0.2, -0.15) is 18.3 Å². The van der Waals surface area contributed by atoms with Crippen molar-refractivity contribution in [2.75, 3.05) is 0 Å². The predicted molar refractivity (Wildman–Crippen MR) is 47.4 cm³/mol. The lowest BCUT2D eigenvalue weighted by Gasteiger charge is -2.07. The van der Waals surface area contributed by atoms with Gasteiger partial charge in [0.05, 0.1) is 5.69 Å². The van der Waals surface area contributed by atoms with Crippen LogP contribution in [0.2, 0.25) is 0 Å². The molecule has 0 aliphatic carbocycles. The molecular formula is C9H8F3N3. The van der Waals surface area contributed by atoms with Crippen molar-refractivity contribution in [2.45, 2.75) is 19.5 Å². The summed E-state index contributed by atoms with van der Waals surface area (Å²) in [6.45, 7) is 1.83. The lowest BCUT2D eigenvalue weighted by atomic mass is 10.3. The Labute approximate surface area is 83.5 Å². The van der Waals surface area contributed by atoms with E-state index in [1.807, 2.05) is 6.92 Å². The van der Waals surface area contributed by atoms with Crippen molar-refractivity contribution in [1.82, 2.24) is 14.6 Å². The van der Waals surface area contributed by atoms with Gasteiger partial charge in [-0.15, -0.1) is 0 Å². The molecule has 15 heavy (non-hydrogen) atoms. The number of fused-ring (bicyclic) bond motifs is 1. The third-order valence-electron chi connectivity index (χ3n) is 2.06. The summed E-state index contributed by atoms with van der Waals surface area (Å²) in [5.74, 6) is 0. The van der Waals surface area contributed by atoms with Gasteiger partial charge in [0.1, 0.15) is 5.69 Å². The zero-order valence-corrected chi connectivity index (χ0v) is 7.91. The fraction of sp³-hybridized carbons (Fsp3) is 0.333. The standard InChI is InChI=1S/C9H8F3N3/c1-2-6-5-8-13-4-3-7(9(10,11)12)15(8)14-6/h3-5H,2H2,1H3. The Hall–Kier alpha value is -1.59. The Morgan fingerprint density at radius 1 is 1.40 bits per heavy atom. The highest BCUT2D eigenvalue weighted by atomic mass is 19.4. The van der Waals surface area contributed by atoms with Crippen LogP contribution in [-0.2, 0) is 12.6 Å². The number of hydrogen-bond donors (Lipinski definition) is 0. The summed E-state index contributed by atoms with van der Waals surface area (Å²) < 4.78 is 38.5. The molecule has 3 nitrogen and oxygen atoms in total. The van der Waals surface area contributed by atoms with Crippen molar-refractivity contribution in [2.24, 2.45) is 0 Å². The summed E-state index contributed by atoms with van der Waals surface area (Å²) in [5, 5.41) is 3.83. The molecule has 0 saturated carbocycles. The second-order valence-corrected chi connectivity index (χ2v) is 3.09. The largest absolute Gasteiger partial charge is 0.433 e. The molecular weight excluding hydrogens is 207 g/mol. The van der Waals surface area contributed by atoms with Crippen molar-refractivity contribution in [3.05, 3.63) is 29.7 Å². The van der Waals surface area contributed by atoms with Crippen molar-refractivity contribution in [1.29, 1.82) is 0 Å². The number of alkyl halides is 3. The first kappa shape index (κ1) is 9.95. The molecule has 0 N–H and O–H groups in total. The fourth-order valence-electron chi connectivity index (χ4n) is 1.33. The van der Waals surface area contributed by atoms with Crippen LogP contribution in [0, 0.1) is 0 Å². The Bertz CT molecular complexity index is 487. The smallest absolute Gasteiger partial charge is 0.237 e. The number of hydrogen-bond acceptors (Lipinski definition) is 2. The van der Waals surface area contributed by atoms with E-state index in [-0.39, 0.29) is 5.65 Å². The molecule has 80 valence electrons. The van der Waals surface area contributed by atoms with Crippen LogP contribution in [0.25, 0.3) is 5.65 Å². The van der Waals surface area contributed by atoms with Gasteiger partial charge in [-0.25, -0.2) is 9.50 Å². The van der Waals surface area contributed by atoms with Crippen LogP contribution in [0.3, 0.4) is 0 Å². The summed E-state index contributed by atoms with van der Waals surface area (Å²) in [5.41, 5.74) is 0.0214. The van der Waals surface area contributed by atoms with Gasteiger partial charge in [0.2, 0.25) is 0 Å². The minimum Gasteiger partial charge on any atom is -0.237 e. The third kappa shape index (κ3) is 1.67. The fourth-order valence-corrected chi connectivity index (χ4v) is 1.33. The highest BCUT2D eigenvalue weighted by molar-refractivity contribution is 5.40. The van der Waals surface area contributed by atoms with Gasteiger partial charge in [-0.3, -0.25) is 0 Å². The van der Waals surface area contributed by atoms with Crippen LogP contribution in [0.15, 0.2) is 18.3 Å². The number of aromatic nitrogens is 3. The molecule has 0 unspecified atom stereocenters. The van der Waals surface area contributed by atoms with Crippen LogP contribution in [0.4, 0.5) is 13.2 Å². The lowest BCUT2D eigenvalue weighted by Crippen LogP contribution is -2.12. The van der Waals surface area contributed by atoms with Crippen LogP contribution in [0.5, 0.6) is 0 Å². The Kier molecular flexibility index (Phi) is 2.13. The summed E-state index contributed by atoms with van der Waals surface area (Å²) in [6, 6.07) is 2.47. The molecule has 0 aliphatic rings. The topological polar surface area (TPSA) is 30.2 Å². The van der Waals surface area contributed by atoms with Crippen LogP contribution >= 0.6 is 0 Å². The van der Waals surface area contributed by atoms with E-state index in [2.05, 4.69) is 10.1 Å². The zero-order valence-electron chi connectivity index (χ0n) is 7.91. The highest BCUT2D eigenvalue weighted by Gasteiger charge is 2.34. The molecule has 2 aromatic rings. The molecule has 0 amide bonds. The number of halogens is 3. The maximum atomic E-state index is 12.5. The van der Waals surface area contributed by atoms with Crippen LogP contribution in [-0.4, -0.2) is 14.6 Å². The molecule has 0 aliphatic heterocycles. The Morgan fingerprint density at radius 3 is 2.73 bits per heavy atom. The number of rotatable bonds is 1. The summed E-state index contributed by atoms with van der Waals surface area (Å²) >= 11 is 0. The molecule has 2 heterocycles. The third-order valence-corrected chi connectivity index (χ3v) is 2.06. The molecule has 0 radical (unpaired) electrons. The van der Waals surface area contributed by atoms with Crippen molar-refractivity contribution in [3.8, 4) is 0 Å². The molecule has 0 fully saturated rings. The maximum absolute atomic E-state index is 12.5. The average molecular weight is 215 g/mol. The highest BCUT2D eigenvalue weighted by Crippen LogP contribution is 2.28. The molecule has 2 rings (SSSR count). The Balaban J connectivity index is 2.70. The molecule has 6 heteroatoms. The Morgan fingerprint density at radius 2 is 2.13 bits per heavy atom. The predicted octanol–water partition coefficient (Wildman–Crippen LogP) is 2.31. The number of nitrogens with zero attached hydrogens (tertiary/aromatic N) is 3. The lowest BCUT2D eigenvalue weighted by molar-refractivity contribution is -0.142. The summed E-state index contributed by atoms with van der Waals surface area (Å²) in [4.78, 5) is 3.82. The first-order chi connectivity index (χ1) is 7.02. The van der Waals surface area contributed by atoms with Crippen molar-refractivity contribution < 1.29 is 13.2 Å². The molecule has 2 aromatic heterocycles. The minimum absolute atomic E-state index is 0.224. The normalized spacial score (nSPS) is 12.3. The maximum Gasteiger partial charge on any atom is 0.433 e. The second-order valence-electron chi connectivity index (χ2n) is 3.09. The first-order valence-corrected chi connectivity index (χ1v) is 4.43. The van der Waals surface area contributed by atoms with E-state index in [1.165, 1.54) is 0 Å². The van der Waals surface area contributed by atoms with E-state index in [0.717, 1.165) is 16.8 Å². The second kappa shape index (κ2) is 3.22. The van der Waals surface area contributed by atoms with Crippen LogP contribution in [0.1, 0.15) is 18.3 Å². The van der Waals surface area contributed by atoms with Crippen molar-refractivity contribution >= 4 is 5.65 Å². The van der Waals surface area contributed by atoms with E-state index in [0.29, 0.717) is 12.1 Å². The monoisotopic (exact) mass is 215 g/mol. The van der Waals surface area contributed by atoms with Gasteiger partial charge in [-0.1, -0.05) is 6.92 Å². The molecule has 0 atom stereocenters. The summed E-state index contributed by atoms with van der Waals surface area (Å²) in [7, 11) is 0.